The monoisotopic (exact) mass is 367 g/mol. The Labute approximate surface area is 154 Å². The summed E-state index contributed by atoms with van der Waals surface area (Å²) in [5.41, 5.74) is 0.493. The molecule has 1 aromatic heterocycles. The molecule has 2 aromatic carbocycles. The van der Waals surface area contributed by atoms with E-state index in [1.165, 1.54) is 42.6 Å². The van der Waals surface area contributed by atoms with E-state index in [1.54, 1.807) is 24.3 Å². The number of rotatable bonds is 5. The molecule has 0 atom stereocenters. The highest BCUT2D eigenvalue weighted by molar-refractivity contribution is 6.04. The van der Waals surface area contributed by atoms with E-state index in [2.05, 4.69) is 15.6 Å². The van der Waals surface area contributed by atoms with E-state index < -0.39 is 23.4 Å². The topological polar surface area (TPSA) is 71.1 Å². The smallest absolute Gasteiger partial charge is 0.274 e. The predicted octanol–water partition coefficient (Wildman–Crippen LogP) is 3.54. The molecule has 0 aliphatic rings. The number of hydrogen-bond acceptors (Lipinski definition) is 3. The average molecular weight is 367 g/mol. The van der Waals surface area contributed by atoms with Crippen molar-refractivity contribution < 1.29 is 18.4 Å². The first-order chi connectivity index (χ1) is 13.0. The number of carbonyl (C=O) groups is 2. The number of pyridine rings is 1. The highest BCUT2D eigenvalue weighted by Crippen LogP contribution is 2.14. The second-order valence-corrected chi connectivity index (χ2v) is 5.64. The van der Waals surface area contributed by atoms with Gasteiger partial charge in [-0.3, -0.25) is 14.6 Å². The number of para-hydroxylation sites is 1. The number of hydrogen-bond donors (Lipinski definition) is 2. The van der Waals surface area contributed by atoms with Crippen LogP contribution in [0.25, 0.3) is 0 Å². The van der Waals surface area contributed by atoms with Crippen molar-refractivity contribution in [2.24, 2.45) is 0 Å². The van der Waals surface area contributed by atoms with E-state index in [1.807, 2.05) is 0 Å². The Morgan fingerprint density at radius 2 is 1.59 bits per heavy atom. The summed E-state index contributed by atoms with van der Waals surface area (Å²) in [6.07, 6.45) is 1.30. The summed E-state index contributed by atoms with van der Waals surface area (Å²) in [6, 6.07) is 14.5. The minimum absolute atomic E-state index is 0.00455. The Morgan fingerprint density at radius 3 is 2.33 bits per heavy atom. The molecule has 2 amide bonds. The number of amides is 2. The fraction of sp³-hybridized carbons (Fsp3) is 0.0500. The molecule has 0 spiro atoms. The predicted molar refractivity (Wildman–Crippen MR) is 96.2 cm³/mol. The van der Waals surface area contributed by atoms with Crippen LogP contribution in [0.15, 0.2) is 66.9 Å². The number of nitrogens with zero attached hydrogens (tertiary/aromatic N) is 1. The second-order valence-electron chi connectivity index (χ2n) is 5.64. The maximum Gasteiger partial charge on any atom is 0.274 e. The van der Waals surface area contributed by atoms with E-state index in [0.717, 1.165) is 0 Å². The molecule has 7 heteroatoms. The van der Waals surface area contributed by atoms with Crippen LogP contribution in [0.2, 0.25) is 0 Å². The lowest BCUT2D eigenvalue weighted by Crippen LogP contribution is -2.24. The first-order valence-electron chi connectivity index (χ1n) is 8.08. The Morgan fingerprint density at radius 1 is 0.889 bits per heavy atom. The van der Waals surface area contributed by atoms with Crippen LogP contribution in [0.5, 0.6) is 0 Å². The van der Waals surface area contributed by atoms with E-state index in [-0.39, 0.29) is 23.5 Å². The van der Waals surface area contributed by atoms with E-state index in [9.17, 15) is 18.4 Å². The van der Waals surface area contributed by atoms with E-state index in [0.29, 0.717) is 5.56 Å². The van der Waals surface area contributed by atoms with Crippen LogP contribution >= 0.6 is 0 Å². The van der Waals surface area contributed by atoms with Gasteiger partial charge in [0.15, 0.2) is 0 Å². The number of aromatic nitrogens is 1. The molecule has 0 aliphatic carbocycles. The van der Waals surface area contributed by atoms with Crippen LogP contribution in [0.3, 0.4) is 0 Å². The Kier molecular flexibility index (Phi) is 5.51. The van der Waals surface area contributed by atoms with Gasteiger partial charge in [-0.15, -0.1) is 0 Å². The molecule has 0 unspecified atom stereocenters. The van der Waals surface area contributed by atoms with E-state index in [4.69, 9.17) is 0 Å². The lowest BCUT2D eigenvalue weighted by molar-refractivity contribution is 0.0950. The molecule has 0 saturated heterocycles. The summed E-state index contributed by atoms with van der Waals surface area (Å²) in [7, 11) is 0. The Balaban J connectivity index is 1.69. The molecule has 0 radical (unpaired) electrons. The zero-order chi connectivity index (χ0) is 19.2. The summed E-state index contributed by atoms with van der Waals surface area (Å²) in [4.78, 5) is 28.4. The first-order valence-corrected chi connectivity index (χ1v) is 8.08. The molecule has 0 saturated carbocycles. The summed E-state index contributed by atoms with van der Waals surface area (Å²) in [5.74, 6) is -2.13. The van der Waals surface area contributed by atoms with Crippen molar-refractivity contribution >= 4 is 17.5 Å². The molecule has 0 bridgehead atoms. The van der Waals surface area contributed by atoms with Gasteiger partial charge in [-0.2, -0.15) is 0 Å². The van der Waals surface area contributed by atoms with Crippen LogP contribution in [-0.2, 0) is 6.54 Å². The number of benzene rings is 2. The number of halogens is 2. The maximum absolute atomic E-state index is 13.6. The van der Waals surface area contributed by atoms with Gasteiger partial charge in [0.2, 0.25) is 0 Å². The van der Waals surface area contributed by atoms with Gasteiger partial charge < -0.3 is 10.6 Å². The third-order valence-corrected chi connectivity index (χ3v) is 3.77. The Hall–Kier alpha value is -3.61. The molecule has 1 heterocycles. The molecular formula is C20H15F2N3O2. The SMILES string of the molecule is O=C(NCc1ccccc1F)c1ccnc(C(=O)Nc2ccccc2F)c1. The van der Waals surface area contributed by atoms with Gasteiger partial charge in [0, 0.05) is 23.9 Å². The fourth-order valence-corrected chi connectivity index (χ4v) is 2.36. The van der Waals surface area contributed by atoms with Crippen LogP contribution in [0.4, 0.5) is 14.5 Å². The first kappa shape index (κ1) is 18.2. The number of nitrogens with one attached hydrogen (secondary N) is 2. The van der Waals surface area contributed by atoms with Crippen molar-refractivity contribution in [2.75, 3.05) is 5.32 Å². The fourth-order valence-electron chi connectivity index (χ4n) is 2.36. The normalized spacial score (nSPS) is 10.3. The quantitative estimate of drug-likeness (QED) is 0.725. The molecule has 0 fully saturated rings. The zero-order valence-corrected chi connectivity index (χ0v) is 14.1. The van der Waals surface area contributed by atoms with Crippen LogP contribution < -0.4 is 10.6 Å². The summed E-state index contributed by atoms with van der Waals surface area (Å²) in [5, 5.41) is 4.98. The highest BCUT2D eigenvalue weighted by Gasteiger charge is 2.14. The average Bonchev–Trinajstić information content (AvgIpc) is 2.69. The Bertz CT molecular complexity index is 992. The van der Waals surface area contributed by atoms with Gasteiger partial charge in [0.25, 0.3) is 11.8 Å². The summed E-state index contributed by atoms with van der Waals surface area (Å²) < 4.78 is 27.2. The van der Waals surface area contributed by atoms with Crippen LogP contribution in [0, 0.1) is 11.6 Å². The lowest BCUT2D eigenvalue weighted by Gasteiger charge is -2.08. The van der Waals surface area contributed by atoms with Gasteiger partial charge >= 0.3 is 0 Å². The standard InChI is InChI=1S/C20H15F2N3O2/c21-15-6-2-1-5-14(15)12-24-19(26)13-9-10-23-18(11-13)20(27)25-17-8-4-3-7-16(17)22/h1-11H,12H2,(H,24,26)(H,25,27). The summed E-state index contributed by atoms with van der Waals surface area (Å²) >= 11 is 0. The largest absolute Gasteiger partial charge is 0.348 e. The lowest BCUT2D eigenvalue weighted by atomic mass is 10.2. The number of anilines is 1. The minimum Gasteiger partial charge on any atom is -0.348 e. The molecule has 0 aliphatic heterocycles. The highest BCUT2D eigenvalue weighted by atomic mass is 19.1. The minimum atomic E-state index is -0.649. The molecule has 3 rings (SSSR count). The molecule has 2 N–H and O–H groups in total. The van der Waals surface area contributed by atoms with Crippen molar-refractivity contribution in [3.05, 3.63) is 95.3 Å². The maximum atomic E-state index is 13.6. The van der Waals surface area contributed by atoms with Crippen molar-refractivity contribution in [3.63, 3.8) is 0 Å². The molecule has 3 aromatic rings. The van der Waals surface area contributed by atoms with Gasteiger partial charge in [-0.05, 0) is 30.3 Å². The molecular weight excluding hydrogens is 352 g/mol. The third-order valence-electron chi connectivity index (χ3n) is 3.77. The zero-order valence-electron chi connectivity index (χ0n) is 14.1. The summed E-state index contributed by atoms with van der Waals surface area (Å²) in [6.45, 7) is 0.00455. The molecule has 27 heavy (non-hydrogen) atoms. The second kappa shape index (κ2) is 8.18. The van der Waals surface area contributed by atoms with Gasteiger partial charge in [0.05, 0.1) is 5.69 Å². The molecule has 136 valence electrons. The van der Waals surface area contributed by atoms with Crippen molar-refractivity contribution in [3.8, 4) is 0 Å². The van der Waals surface area contributed by atoms with Gasteiger partial charge in [-0.25, -0.2) is 8.78 Å². The van der Waals surface area contributed by atoms with Crippen molar-refractivity contribution in [1.29, 1.82) is 0 Å². The van der Waals surface area contributed by atoms with Gasteiger partial charge in [0.1, 0.15) is 17.3 Å². The third kappa shape index (κ3) is 4.52. The number of carbonyl (C=O) groups excluding carboxylic acids is 2. The van der Waals surface area contributed by atoms with Crippen molar-refractivity contribution in [2.45, 2.75) is 6.54 Å². The van der Waals surface area contributed by atoms with Crippen molar-refractivity contribution in [1.82, 2.24) is 10.3 Å². The van der Waals surface area contributed by atoms with Crippen LogP contribution in [-0.4, -0.2) is 16.8 Å². The molecule has 5 nitrogen and oxygen atoms in total. The van der Waals surface area contributed by atoms with Gasteiger partial charge in [-0.1, -0.05) is 30.3 Å². The van der Waals surface area contributed by atoms with Crippen LogP contribution in [0.1, 0.15) is 26.4 Å². The van der Waals surface area contributed by atoms with E-state index >= 15 is 0 Å².